The maximum Gasteiger partial charge on any atom is 0.147 e. The van der Waals surface area contributed by atoms with Crippen LogP contribution in [-0.2, 0) is 12.4 Å². The van der Waals surface area contributed by atoms with Gasteiger partial charge in [0.25, 0.3) is 0 Å². The van der Waals surface area contributed by atoms with E-state index in [4.69, 9.17) is 11.6 Å². The molecule has 0 amide bonds. The Morgan fingerprint density at radius 1 is 1.38 bits per heavy atom. The van der Waals surface area contributed by atoms with Crippen molar-refractivity contribution in [3.8, 4) is 0 Å². The zero-order valence-corrected chi connectivity index (χ0v) is 10.7. The molecule has 0 bridgehead atoms. The molecular formula is C12H20ClN3. The molecule has 1 aliphatic carbocycles. The largest absolute Gasteiger partial charge is 0.317 e. The Morgan fingerprint density at radius 3 is 2.81 bits per heavy atom. The van der Waals surface area contributed by atoms with E-state index in [1.54, 1.807) is 6.33 Å². The molecule has 0 atom stereocenters. The molecule has 1 aromatic rings. The Morgan fingerprint density at radius 2 is 2.12 bits per heavy atom. The Kier molecular flexibility index (Phi) is 4.22. The van der Waals surface area contributed by atoms with Gasteiger partial charge >= 0.3 is 0 Å². The molecular weight excluding hydrogens is 222 g/mol. The molecule has 0 radical (unpaired) electrons. The van der Waals surface area contributed by atoms with Gasteiger partial charge < -0.3 is 4.57 Å². The SMILES string of the molecule is CC1CCC(CCn2cnnc2CCl)CC1. The highest BCUT2D eigenvalue weighted by Gasteiger charge is 2.18. The van der Waals surface area contributed by atoms with Gasteiger partial charge in [0, 0.05) is 6.54 Å². The molecule has 90 valence electrons. The number of aromatic nitrogens is 3. The number of hydrogen-bond acceptors (Lipinski definition) is 2. The Labute approximate surface area is 102 Å². The van der Waals surface area contributed by atoms with Crippen LogP contribution >= 0.6 is 11.6 Å². The van der Waals surface area contributed by atoms with Gasteiger partial charge in [-0.3, -0.25) is 0 Å². The third kappa shape index (κ3) is 2.97. The lowest BCUT2D eigenvalue weighted by atomic mass is 9.81. The Balaban J connectivity index is 1.79. The Hall–Kier alpha value is -0.570. The van der Waals surface area contributed by atoms with Crippen molar-refractivity contribution in [1.29, 1.82) is 0 Å². The number of halogens is 1. The topological polar surface area (TPSA) is 30.7 Å². The van der Waals surface area contributed by atoms with Crippen LogP contribution in [-0.4, -0.2) is 14.8 Å². The predicted molar refractivity (Wildman–Crippen MR) is 65.3 cm³/mol. The van der Waals surface area contributed by atoms with Crippen LogP contribution in [0.15, 0.2) is 6.33 Å². The molecule has 1 aliphatic rings. The second-order valence-corrected chi connectivity index (χ2v) is 5.26. The van der Waals surface area contributed by atoms with Gasteiger partial charge in [-0.15, -0.1) is 21.8 Å². The fraction of sp³-hybridized carbons (Fsp3) is 0.833. The van der Waals surface area contributed by atoms with Gasteiger partial charge in [0.1, 0.15) is 12.2 Å². The molecule has 4 heteroatoms. The van der Waals surface area contributed by atoms with E-state index in [1.165, 1.54) is 32.1 Å². The van der Waals surface area contributed by atoms with Gasteiger partial charge in [-0.1, -0.05) is 32.6 Å². The highest BCUT2D eigenvalue weighted by molar-refractivity contribution is 6.16. The zero-order chi connectivity index (χ0) is 11.4. The summed E-state index contributed by atoms with van der Waals surface area (Å²) in [6.45, 7) is 3.38. The molecule has 0 saturated heterocycles. The van der Waals surface area contributed by atoms with E-state index in [1.807, 2.05) is 0 Å². The average molecular weight is 242 g/mol. The fourth-order valence-corrected chi connectivity index (χ4v) is 2.72. The number of hydrogen-bond donors (Lipinski definition) is 0. The van der Waals surface area contributed by atoms with Crippen molar-refractivity contribution in [2.75, 3.05) is 0 Å². The monoisotopic (exact) mass is 241 g/mol. The summed E-state index contributed by atoms with van der Waals surface area (Å²) in [6, 6.07) is 0. The summed E-state index contributed by atoms with van der Waals surface area (Å²) in [4.78, 5) is 0. The lowest BCUT2D eigenvalue weighted by molar-refractivity contribution is 0.268. The minimum atomic E-state index is 0.460. The van der Waals surface area contributed by atoms with E-state index in [9.17, 15) is 0 Å². The summed E-state index contributed by atoms with van der Waals surface area (Å²) >= 11 is 5.79. The first-order chi connectivity index (χ1) is 7.79. The number of alkyl halides is 1. The van der Waals surface area contributed by atoms with Crippen molar-refractivity contribution in [2.24, 2.45) is 11.8 Å². The lowest BCUT2D eigenvalue weighted by Gasteiger charge is -2.26. The second-order valence-electron chi connectivity index (χ2n) is 4.99. The van der Waals surface area contributed by atoms with Gasteiger partial charge in [-0.2, -0.15) is 0 Å². The molecule has 0 N–H and O–H groups in total. The van der Waals surface area contributed by atoms with E-state index < -0.39 is 0 Å². The third-order valence-corrected chi connectivity index (χ3v) is 3.97. The zero-order valence-electron chi connectivity index (χ0n) is 9.90. The van der Waals surface area contributed by atoms with Crippen LogP contribution in [0, 0.1) is 11.8 Å². The van der Waals surface area contributed by atoms with Gasteiger partial charge in [0.2, 0.25) is 0 Å². The molecule has 1 fully saturated rings. The van der Waals surface area contributed by atoms with Crippen molar-refractivity contribution in [2.45, 2.75) is 51.5 Å². The van der Waals surface area contributed by atoms with Crippen LogP contribution < -0.4 is 0 Å². The molecule has 0 aromatic carbocycles. The van der Waals surface area contributed by atoms with Gasteiger partial charge in [-0.05, 0) is 18.3 Å². The van der Waals surface area contributed by atoms with Gasteiger partial charge in [0.15, 0.2) is 0 Å². The van der Waals surface area contributed by atoms with Gasteiger partial charge in [0.05, 0.1) is 5.88 Å². The molecule has 3 nitrogen and oxygen atoms in total. The van der Waals surface area contributed by atoms with Crippen LogP contribution in [0.1, 0.15) is 44.9 Å². The number of nitrogens with zero attached hydrogens (tertiary/aromatic N) is 3. The molecule has 1 aromatic heterocycles. The van der Waals surface area contributed by atoms with Crippen LogP contribution in [0.25, 0.3) is 0 Å². The minimum Gasteiger partial charge on any atom is -0.317 e. The first kappa shape index (κ1) is 11.9. The quantitative estimate of drug-likeness (QED) is 0.758. The van der Waals surface area contributed by atoms with E-state index >= 15 is 0 Å². The standard InChI is InChI=1S/C12H20ClN3/c1-10-2-4-11(5-3-10)6-7-16-9-14-15-12(16)8-13/h9-11H,2-8H2,1H3. The first-order valence-corrected chi connectivity index (χ1v) is 6.75. The minimum absolute atomic E-state index is 0.460. The van der Waals surface area contributed by atoms with Crippen LogP contribution in [0.2, 0.25) is 0 Å². The van der Waals surface area contributed by atoms with Crippen molar-refractivity contribution >= 4 is 11.6 Å². The summed E-state index contributed by atoms with van der Waals surface area (Å²) in [7, 11) is 0. The molecule has 2 rings (SSSR count). The van der Waals surface area contributed by atoms with Gasteiger partial charge in [-0.25, -0.2) is 0 Å². The second kappa shape index (κ2) is 5.67. The maximum atomic E-state index is 5.79. The Bertz CT molecular complexity index is 316. The fourth-order valence-electron chi connectivity index (χ4n) is 2.51. The number of aryl methyl sites for hydroxylation is 1. The smallest absolute Gasteiger partial charge is 0.147 e. The molecule has 0 spiro atoms. The van der Waals surface area contributed by atoms with Crippen LogP contribution in [0.4, 0.5) is 0 Å². The summed E-state index contributed by atoms with van der Waals surface area (Å²) < 4.78 is 2.09. The van der Waals surface area contributed by atoms with E-state index in [0.29, 0.717) is 5.88 Å². The van der Waals surface area contributed by atoms with E-state index in [-0.39, 0.29) is 0 Å². The summed E-state index contributed by atoms with van der Waals surface area (Å²) in [5.74, 6) is 3.18. The highest BCUT2D eigenvalue weighted by atomic mass is 35.5. The van der Waals surface area contributed by atoms with Crippen molar-refractivity contribution in [3.63, 3.8) is 0 Å². The molecule has 1 saturated carbocycles. The van der Waals surface area contributed by atoms with Crippen molar-refractivity contribution < 1.29 is 0 Å². The summed E-state index contributed by atoms with van der Waals surface area (Å²) in [5.41, 5.74) is 0. The average Bonchev–Trinajstić information content (AvgIpc) is 2.76. The molecule has 1 heterocycles. The molecule has 0 unspecified atom stereocenters. The van der Waals surface area contributed by atoms with E-state index in [0.717, 1.165) is 24.2 Å². The first-order valence-electron chi connectivity index (χ1n) is 6.22. The predicted octanol–water partition coefficient (Wildman–Crippen LogP) is 3.23. The molecule has 16 heavy (non-hydrogen) atoms. The van der Waals surface area contributed by atoms with Crippen molar-refractivity contribution in [1.82, 2.24) is 14.8 Å². The van der Waals surface area contributed by atoms with Crippen LogP contribution in [0.3, 0.4) is 0 Å². The molecule has 0 aliphatic heterocycles. The normalized spacial score (nSPS) is 25.9. The number of rotatable bonds is 4. The maximum absolute atomic E-state index is 5.79. The highest BCUT2D eigenvalue weighted by Crippen LogP contribution is 2.30. The summed E-state index contributed by atoms with van der Waals surface area (Å²) in [6.07, 6.45) is 8.61. The summed E-state index contributed by atoms with van der Waals surface area (Å²) in [5, 5.41) is 7.89. The van der Waals surface area contributed by atoms with Crippen LogP contribution in [0.5, 0.6) is 0 Å². The van der Waals surface area contributed by atoms with Crippen molar-refractivity contribution in [3.05, 3.63) is 12.2 Å². The lowest BCUT2D eigenvalue weighted by Crippen LogP contribution is -2.14. The van der Waals surface area contributed by atoms with E-state index in [2.05, 4.69) is 21.7 Å². The third-order valence-electron chi connectivity index (χ3n) is 3.73.